The molecule has 1 amide bonds. The molecule has 1 N–H and O–H groups in total. The molecule has 4 rings (SSSR count). The average molecular weight is 502 g/mol. The van der Waals surface area contributed by atoms with Gasteiger partial charge in [-0.2, -0.15) is 0 Å². The van der Waals surface area contributed by atoms with E-state index in [-0.39, 0.29) is 5.91 Å². The number of hydrogen-bond donors (Lipinski definition) is 1. The number of fused-ring (bicyclic) bond motifs is 1. The van der Waals surface area contributed by atoms with Gasteiger partial charge in [-0.25, -0.2) is 4.98 Å². The van der Waals surface area contributed by atoms with Crippen LogP contribution in [0.4, 0.5) is 0 Å². The van der Waals surface area contributed by atoms with Crippen LogP contribution in [0.3, 0.4) is 0 Å². The first-order chi connectivity index (χ1) is 18.0. The molecule has 7 nitrogen and oxygen atoms in total. The van der Waals surface area contributed by atoms with E-state index >= 15 is 0 Å². The molecule has 0 aliphatic heterocycles. The maximum absolute atomic E-state index is 12.7. The number of unbranched alkanes of at least 4 members (excludes halogenated alkanes) is 1. The number of carbonyl (C=O) groups is 1. The molecule has 0 atom stereocenters. The Morgan fingerprint density at radius 3 is 2.54 bits per heavy atom. The second-order valence-corrected chi connectivity index (χ2v) is 9.07. The largest absolute Gasteiger partial charge is 0.493 e. The Balaban J connectivity index is 1.35. The van der Waals surface area contributed by atoms with Crippen LogP contribution in [-0.4, -0.2) is 42.8 Å². The van der Waals surface area contributed by atoms with Crippen LogP contribution >= 0.6 is 0 Å². The summed E-state index contributed by atoms with van der Waals surface area (Å²) in [7, 11) is 3.13. The zero-order chi connectivity index (χ0) is 26.2. The van der Waals surface area contributed by atoms with Crippen molar-refractivity contribution in [2.75, 3.05) is 27.4 Å². The van der Waals surface area contributed by atoms with Gasteiger partial charge in [-0.15, -0.1) is 0 Å². The van der Waals surface area contributed by atoms with Gasteiger partial charge >= 0.3 is 0 Å². The van der Waals surface area contributed by atoms with E-state index in [2.05, 4.69) is 48.0 Å². The number of benzene rings is 3. The predicted octanol–water partition coefficient (Wildman–Crippen LogP) is 5.50. The van der Waals surface area contributed by atoms with Crippen LogP contribution in [0.1, 0.15) is 40.2 Å². The van der Waals surface area contributed by atoms with E-state index in [1.54, 1.807) is 32.4 Å². The minimum Gasteiger partial charge on any atom is -0.493 e. The molecule has 0 unspecified atom stereocenters. The van der Waals surface area contributed by atoms with E-state index in [1.165, 1.54) is 5.56 Å². The van der Waals surface area contributed by atoms with Crippen molar-refractivity contribution >= 4 is 16.9 Å². The molecule has 194 valence electrons. The fraction of sp³-hybridized carbons (Fsp3) is 0.333. The molecule has 4 aromatic rings. The zero-order valence-electron chi connectivity index (χ0n) is 22.0. The lowest BCUT2D eigenvalue weighted by Crippen LogP contribution is -2.26. The van der Waals surface area contributed by atoms with Gasteiger partial charge < -0.3 is 24.1 Å². The highest BCUT2D eigenvalue weighted by molar-refractivity contribution is 5.94. The highest BCUT2D eigenvalue weighted by Gasteiger charge is 2.13. The normalized spacial score (nSPS) is 10.9. The topological polar surface area (TPSA) is 74.6 Å². The third kappa shape index (κ3) is 6.42. The minimum absolute atomic E-state index is 0.160. The summed E-state index contributed by atoms with van der Waals surface area (Å²) in [4.78, 5) is 17.6. The molecule has 0 saturated carbocycles. The lowest BCUT2D eigenvalue weighted by Gasteiger charge is -2.12. The molecule has 0 bridgehead atoms. The SMILES string of the molecule is COc1ccc(C(=O)NCCc2nc3ccccc3n2CCCCOc2cc(C)ccc2C)cc1OC. The third-order valence-electron chi connectivity index (χ3n) is 6.39. The number of aromatic nitrogens is 2. The molecule has 37 heavy (non-hydrogen) atoms. The highest BCUT2D eigenvalue weighted by Crippen LogP contribution is 2.27. The third-order valence-corrected chi connectivity index (χ3v) is 6.39. The van der Waals surface area contributed by atoms with Gasteiger partial charge in [0, 0.05) is 25.1 Å². The van der Waals surface area contributed by atoms with E-state index in [0.717, 1.165) is 47.6 Å². The number of ether oxygens (including phenoxy) is 3. The molecule has 0 aliphatic rings. The first-order valence-corrected chi connectivity index (χ1v) is 12.6. The lowest BCUT2D eigenvalue weighted by molar-refractivity contribution is 0.0953. The standard InChI is InChI=1S/C30H35N3O4/c1-21-11-12-22(2)27(19-21)37-18-8-7-17-33-25-10-6-5-9-24(25)32-29(33)15-16-31-30(34)23-13-14-26(35-3)28(20-23)36-4/h5-6,9-14,19-20H,7-8,15-18H2,1-4H3,(H,31,34). The van der Waals surface area contributed by atoms with Crippen molar-refractivity contribution in [2.24, 2.45) is 0 Å². The number of hydrogen-bond acceptors (Lipinski definition) is 5. The van der Waals surface area contributed by atoms with Crippen molar-refractivity contribution in [1.29, 1.82) is 0 Å². The van der Waals surface area contributed by atoms with E-state index in [0.29, 0.717) is 36.6 Å². The average Bonchev–Trinajstić information content (AvgIpc) is 3.27. The minimum atomic E-state index is -0.160. The van der Waals surface area contributed by atoms with Crippen LogP contribution in [0.25, 0.3) is 11.0 Å². The van der Waals surface area contributed by atoms with E-state index in [1.807, 2.05) is 18.2 Å². The van der Waals surface area contributed by atoms with Crippen molar-refractivity contribution in [3.05, 3.63) is 83.2 Å². The summed E-state index contributed by atoms with van der Waals surface area (Å²) in [5.74, 6) is 2.88. The summed E-state index contributed by atoms with van der Waals surface area (Å²) >= 11 is 0. The number of methoxy groups -OCH3 is 2. The molecule has 1 heterocycles. The molecule has 7 heteroatoms. The Kier molecular flexibility index (Phi) is 8.67. The zero-order valence-corrected chi connectivity index (χ0v) is 22.0. The number of carbonyl (C=O) groups excluding carboxylic acids is 1. The Bertz CT molecular complexity index is 1360. The number of nitrogens with zero attached hydrogens (tertiary/aromatic N) is 2. The van der Waals surface area contributed by atoms with Crippen molar-refractivity contribution < 1.29 is 19.0 Å². The predicted molar refractivity (Wildman–Crippen MR) is 146 cm³/mol. The maximum atomic E-state index is 12.7. The van der Waals surface area contributed by atoms with Gasteiger partial charge in [0.25, 0.3) is 5.91 Å². The van der Waals surface area contributed by atoms with Crippen molar-refractivity contribution in [3.8, 4) is 17.2 Å². The molecular weight excluding hydrogens is 466 g/mol. The molecule has 0 fully saturated rings. The number of imidazole rings is 1. The van der Waals surface area contributed by atoms with Gasteiger partial charge in [-0.05, 0) is 74.2 Å². The molecule has 3 aromatic carbocycles. The molecule has 0 saturated heterocycles. The van der Waals surface area contributed by atoms with Gasteiger partial charge in [0.2, 0.25) is 0 Å². The smallest absolute Gasteiger partial charge is 0.251 e. The summed E-state index contributed by atoms with van der Waals surface area (Å²) in [6, 6.07) is 19.6. The molecule has 0 aliphatic carbocycles. The second kappa shape index (κ2) is 12.3. The van der Waals surface area contributed by atoms with E-state index in [4.69, 9.17) is 19.2 Å². The summed E-state index contributed by atoms with van der Waals surface area (Å²) in [5, 5.41) is 3.00. The Morgan fingerprint density at radius 2 is 1.73 bits per heavy atom. The van der Waals surface area contributed by atoms with Gasteiger partial charge in [0.05, 0.1) is 31.9 Å². The molecule has 0 radical (unpaired) electrons. The lowest BCUT2D eigenvalue weighted by atomic mass is 10.1. The highest BCUT2D eigenvalue weighted by atomic mass is 16.5. The molecule has 1 aromatic heterocycles. The van der Waals surface area contributed by atoms with Crippen LogP contribution < -0.4 is 19.5 Å². The van der Waals surface area contributed by atoms with Gasteiger partial charge in [-0.3, -0.25) is 4.79 Å². The second-order valence-electron chi connectivity index (χ2n) is 9.07. The van der Waals surface area contributed by atoms with Gasteiger partial charge in [-0.1, -0.05) is 24.3 Å². The Labute approximate surface area is 218 Å². The number of amides is 1. The van der Waals surface area contributed by atoms with Crippen LogP contribution in [0.5, 0.6) is 17.2 Å². The summed E-state index contributed by atoms with van der Waals surface area (Å²) < 4.78 is 18.9. The van der Waals surface area contributed by atoms with Crippen LogP contribution in [0, 0.1) is 13.8 Å². The number of nitrogens with one attached hydrogen (secondary N) is 1. The molecule has 0 spiro atoms. The maximum Gasteiger partial charge on any atom is 0.251 e. The van der Waals surface area contributed by atoms with E-state index < -0.39 is 0 Å². The fourth-order valence-electron chi connectivity index (χ4n) is 4.35. The van der Waals surface area contributed by atoms with Crippen LogP contribution in [-0.2, 0) is 13.0 Å². The van der Waals surface area contributed by atoms with E-state index in [9.17, 15) is 4.79 Å². The summed E-state index contributed by atoms with van der Waals surface area (Å²) in [6.45, 7) is 6.15. The summed E-state index contributed by atoms with van der Waals surface area (Å²) in [6.07, 6.45) is 2.54. The number of para-hydroxylation sites is 2. The Hall–Kier alpha value is -4.00. The number of aryl methyl sites for hydroxylation is 3. The number of rotatable bonds is 12. The molecular formula is C30H35N3O4. The van der Waals surface area contributed by atoms with Crippen molar-refractivity contribution in [3.63, 3.8) is 0 Å². The van der Waals surface area contributed by atoms with Gasteiger partial charge in [0.15, 0.2) is 11.5 Å². The Morgan fingerprint density at radius 1 is 0.919 bits per heavy atom. The van der Waals surface area contributed by atoms with Crippen LogP contribution in [0.2, 0.25) is 0 Å². The quantitative estimate of drug-likeness (QED) is 0.259. The summed E-state index contributed by atoms with van der Waals surface area (Å²) in [5.41, 5.74) is 4.96. The van der Waals surface area contributed by atoms with Crippen LogP contribution in [0.15, 0.2) is 60.7 Å². The van der Waals surface area contributed by atoms with Crippen molar-refractivity contribution in [2.45, 2.75) is 39.7 Å². The fourth-order valence-corrected chi connectivity index (χ4v) is 4.35. The first kappa shape index (κ1) is 26.1. The van der Waals surface area contributed by atoms with Crippen molar-refractivity contribution in [1.82, 2.24) is 14.9 Å². The van der Waals surface area contributed by atoms with Gasteiger partial charge in [0.1, 0.15) is 11.6 Å². The monoisotopic (exact) mass is 501 g/mol. The first-order valence-electron chi connectivity index (χ1n) is 12.6.